The van der Waals surface area contributed by atoms with Gasteiger partial charge < -0.3 is 0 Å². The van der Waals surface area contributed by atoms with Crippen LogP contribution < -0.4 is 0 Å². The molecule has 0 spiro atoms. The van der Waals surface area contributed by atoms with Crippen molar-refractivity contribution >= 4 is 0 Å². The van der Waals surface area contributed by atoms with Crippen molar-refractivity contribution in [3.63, 3.8) is 0 Å². The van der Waals surface area contributed by atoms with Crippen molar-refractivity contribution < 1.29 is 8.78 Å². The van der Waals surface area contributed by atoms with Gasteiger partial charge in [-0.05, 0) is 6.42 Å². The highest BCUT2D eigenvalue weighted by Gasteiger charge is 2.24. The van der Waals surface area contributed by atoms with Gasteiger partial charge in [0.25, 0.3) is 0 Å². The van der Waals surface area contributed by atoms with Gasteiger partial charge in [0.1, 0.15) is 0 Å². The summed E-state index contributed by atoms with van der Waals surface area (Å²) in [6.45, 7) is -0.448. The summed E-state index contributed by atoms with van der Waals surface area (Å²) in [5.41, 5.74) is 0. The van der Waals surface area contributed by atoms with Crippen molar-refractivity contribution in [2.45, 2.75) is 6.42 Å². The van der Waals surface area contributed by atoms with Crippen LogP contribution in [0.1, 0.15) is 6.42 Å². The van der Waals surface area contributed by atoms with Crippen molar-refractivity contribution in [1.29, 1.82) is 0 Å². The topological polar surface area (TPSA) is 3.24 Å². The number of hydrogen-bond donors (Lipinski definition) is 0. The van der Waals surface area contributed by atoms with E-state index in [1.807, 2.05) is 0 Å². The van der Waals surface area contributed by atoms with E-state index in [1.165, 1.54) is 0 Å². The average molecular weight is 106 g/mol. The predicted octanol–water partition coefficient (Wildman–Crippen LogP) is 1.08. The highest BCUT2D eigenvalue weighted by molar-refractivity contribution is 4.74. The van der Waals surface area contributed by atoms with E-state index in [-0.39, 0.29) is 0 Å². The molecule has 0 aromatic rings. The second-order valence-electron chi connectivity index (χ2n) is 1.58. The fourth-order valence-corrected chi connectivity index (χ4v) is 0.485. The number of nitrogens with zero attached hydrogens (tertiary/aromatic N) is 1. The van der Waals surface area contributed by atoms with Gasteiger partial charge in [-0.2, -0.15) is 8.78 Å². The van der Waals surface area contributed by atoms with Gasteiger partial charge in [-0.25, -0.2) is 4.90 Å². The van der Waals surface area contributed by atoms with E-state index in [0.717, 1.165) is 11.3 Å². The third-order valence-electron chi connectivity index (χ3n) is 1.10. The van der Waals surface area contributed by atoms with Gasteiger partial charge in [-0.15, -0.1) is 0 Å². The van der Waals surface area contributed by atoms with Gasteiger partial charge in [0.15, 0.2) is 0 Å². The average Bonchev–Trinajstić information content (AvgIpc) is 1.23. The van der Waals surface area contributed by atoms with Gasteiger partial charge in [-0.1, -0.05) is 0 Å². The Bertz CT molecular complexity index is 60.7. The molecule has 41 valence electrons. The Balaban J connectivity index is 2.14. The highest BCUT2D eigenvalue weighted by atomic mass is 19.3. The summed E-state index contributed by atoms with van der Waals surface area (Å²) in [4.78, 5) is 1.06. The molecule has 0 saturated carbocycles. The Morgan fingerprint density at radius 2 is 1.86 bits per heavy atom. The van der Waals surface area contributed by atoms with Crippen LogP contribution in [-0.4, -0.2) is 18.0 Å². The third kappa shape index (κ3) is 0.881. The first-order chi connectivity index (χ1) is 3.30. The van der Waals surface area contributed by atoms with Crippen LogP contribution in [-0.2, 0) is 0 Å². The first-order valence-electron chi connectivity index (χ1n) is 2.23. The SMILES string of the molecule is F[C](F)N1CCC1. The van der Waals surface area contributed by atoms with E-state index < -0.39 is 6.55 Å². The van der Waals surface area contributed by atoms with Gasteiger partial charge >= 0.3 is 6.55 Å². The molecule has 0 aromatic heterocycles. The van der Waals surface area contributed by atoms with E-state index >= 15 is 0 Å². The fourth-order valence-electron chi connectivity index (χ4n) is 0.485. The maximum absolute atomic E-state index is 11.3. The van der Waals surface area contributed by atoms with Crippen LogP contribution in [0.5, 0.6) is 0 Å². The quantitative estimate of drug-likeness (QED) is 0.452. The van der Waals surface area contributed by atoms with E-state index in [4.69, 9.17) is 0 Å². The van der Waals surface area contributed by atoms with Crippen LogP contribution in [0, 0.1) is 6.55 Å². The summed E-state index contributed by atoms with van der Waals surface area (Å²) in [6.07, 6.45) is 0.914. The number of rotatable bonds is 1. The molecule has 1 saturated heterocycles. The molecule has 0 amide bonds. The van der Waals surface area contributed by atoms with Crippen LogP contribution in [0.15, 0.2) is 0 Å². The Kier molecular flexibility index (Phi) is 1.23. The number of hydrogen-bond acceptors (Lipinski definition) is 1. The van der Waals surface area contributed by atoms with Crippen molar-refractivity contribution in [3.8, 4) is 0 Å². The van der Waals surface area contributed by atoms with E-state index in [0.29, 0.717) is 13.1 Å². The molecule has 7 heavy (non-hydrogen) atoms. The standard InChI is InChI=1S/C4H6F2N/c5-4(6)7-2-1-3-7/h1-3H2. The molecule has 1 fully saturated rings. The lowest BCUT2D eigenvalue weighted by Crippen LogP contribution is -2.36. The Labute approximate surface area is 40.9 Å². The summed E-state index contributed by atoms with van der Waals surface area (Å²) in [7, 11) is 0. The van der Waals surface area contributed by atoms with Crippen LogP contribution in [0.25, 0.3) is 0 Å². The minimum absolute atomic E-state index is 0.544. The predicted molar refractivity (Wildman–Crippen MR) is 21.6 cm³/mol. The lowest BCUT2D eigenvalue weighted by Gasteiger charge is -2.27. The number of halogens is 2. The fraction of sp³-hybridized carbons (Fsp3) is 0.750. The van der Waals surface area contributed by atoms with E-state index in [9.17, 15) is 8.78 Å². The Morgan fingerprint density at radius 1 is 1.29 bits per heavy atom. The summed E-state index contributed by atoms with van der Waals surface area (Å²) in [5, 5.41) is 0. The molecule has 0 N–H and O–H groups in total. The van der Waals surface area contributed by atoms with Gasteiger partial charge in [0.05, 0.1) is 0 Å². The second-order valence-corrected chi connectivity index (χ2v) is 1.58. The summed E-state index contributed by atoms with van der Waals surface area (Å²) in [5.74, 6) is 0. The number of likely N-dealkylation sites (tertiary alicyclic amines) is 1. The first kappa shape index (κ1) is 4.97. The molecule has 0 bridgehead atoms. The minimum atomic E-state index is -1.54. The maximum atomic E-state index is 11.3. The zero-order chi connectivity index (χ0) is 5.28. The normalized spacial score (nSPS) is 22.7. The van der Waals surface area contributed by atoms with Crippen molar-refractivity contribution in [2.75, 3.05) is 13.1 Å². The van der Waals surface area contributed by atoms with Gasteiger partial charge in [-0.3, -0.25) is 0 Å². The summed E-state index contributed by atoms with van der Waals surface area (Å²) >= 11 is 0. The first-order valence-corrected chi connectivity index (χ1v) is 2.23. The molecule has 0 aliphatic carbocycles. The molecule has 3 heteroatoms. The summed E-state index contributed by atoms with van der Waals surface area (Å²) < 4.78 is 22.6. The van der Waals surface area contributed by atoms with Crippen LogP contribution >= 0.6 is 0 Å². The van der Waals surface area contributed by atoms with E-state index in [1.54, 1.807) is 0 Å². The van der Waals surface area contributed by atoms with Crippen LogP contribution in [0.4, 0.5) is 8.78 Å². The molecular weight excluding hydrogens is 100 g/mol. The zero-order valence-electron chi connectivity index (χ0n) is 3.82. The monoisotopic (exact) mass is 106 g/mol. The Morgan fingerprint density at radius 3 is 1.86 bits per heavy atom. The molecule has 0 unspecified atom stereocenters. The molecular formula is C4H6F2N. The van der Waals surface area contributed by atoms with Crippen LogP contribution in [0.2, 0.25) is 0 Å². The molecule has 0 aromatic carbocycles. The highest BCUT2D eigenvalue weighted by Crippen LogP contribution is 2.18. The molecule has 1 nitrogen and oxygen atoms in total. The molecule has 1 radical (unpaired) electrons. The molecule has 1 aliphatic heterocycles. The largest absolute Gasteiger partial charge is 0.382 e. The maximum Gasteiger partial charge on any atom is 0.382 e. The third-order valence-corrected chi connectivity index (χ3v) is 1.10. The van der Waals surface area contributed by atoms with E-state index in [2.05, 4.69) is 0 Å². The van der Waals surface area contributed by atoms with Crippen LogP contribution in [0.3, 0.4) is 0 Å². The lowest BCUT2D eigenvalue weighted by atomic mass is 10.2. The van der Waals surface area contributed by atoms with Crippen molar-refractivity contribution in [2.24, 2.45) is 0 Å². The lowest BCUT2D eigenvalue weighted by molar-refractivity contribution is 0.0399. The summed E-state index contributed by atoms with van der Waals surface area (Å²) in [6, 6.07) is 0. The molecule has 1 aliphatic rings. The molecule has 0 atom stereocenters. The zero-order valence-corrected chi connectivity index (χ0v) is 3.82. The minimum Gasteiger partial charge on any atom is -0.238 e. The second kappa shape index (κ2) is 1.74. The van der Waals surface area contributed by atoms with Crippen molar-refractivity contribution in [3.05, 3.63) is 6.55 Å². The molecule has 1 heterocycles. The van der Waals surface area contributed by atoms with Gasteiger partial charge in [0, 0.05) is 13.1 Å². The van der Waals surface area contributed by atoms with Crippen molar-refractivity contribution in [1.82, 2.24) is 4.90 Å². The smallest absolute Gasteiger partial charge is 0.238 e. The van der Waals surface area contributed by atoms with Gasteiger partial charge in [0.2, 0.25) is 0 Å². The Hall–Kier alpha value is -0.180. The molecule has 1 rings (SSSR count).